The molecule has 15 heavy (non-hydrogen) atoms. The van der Waals surface area contributed by atoms with Crippen LogP contribution in [-0.2, 0) is 6.42 Å². The first-order chi connectivity index (χ1) is 7.15. The molecule has 0 aliphatic heterocycles. The van der Waals surface area contributed by atoms with Crippen LogP contribution in [0, 0.1) is 6.92 Å². The summed E-state index contributed by atoms with van der Waals surface area (Å²) in [5.74, 6) is 0.769. The number of rotatable bonds is 2. The van der Waals surface area contributed by atoms with Crippen molar-refractivity contribution in [1.82, 2.24) is 9.38 Å². The van der Waals surface area contributed by atoms with Gasteiger partial charge >= 0.3 is 0 Å². The van der Waals surface area contributed by atoms with E-state index in [1.807, 2.05) is 23.5 Å². The number of halogens is 1. The van der Waals surface area contributed by atoms with Crippen LogP contribution in [0.25, 0.3) is 5.65 Å². The Hall–Kier alpha value is -1.03. The van der Waals surface area contributed by atoms with E-state index in [1.54, 1.807) is 0 Å². The van der Waals surface area contributed by atoms with Crippen molar-refractivity contribution in [2.45, 2.75) is 26.7 Å². The molecule has 0 bridgehead atoms. The van der Waals surface area contributed by atoms with E-state index in [2.05, 4.69) is 27.8 Å². The number of hydrogen-bond acceptors (Lipinski definition) is 2. The second-order valence-corrected chi connectivity index (χ2v) is 4.51. The van der Waals surface area contributed by atoms with Crippen LogP contribution >= 0.6 is 15.9 Å². The van der Waals surface area contributed by atoms with Gasteiger partial charge in [0.15, 0.2) is 0 Å². The highest BCUT2D eigenvalue weighted by Gasteiger charge is 2.10. The van der Waals surface area contributed by atoms with Gasteiger partial charge in [-0.25, -0.2) is 4.98 Å². The van der Waals surface area contributed by atoms with E-state index in [0.29, 0.717) is 0 Å². The summed E-state index contributed by atoms with van der Waals surface area (Å²) in [5.41, 5.74) is 9.10. The lowest BCUT2D eigenvalue weighted by Gasteiger charge is -2.04. The number of aromatic nitrogens is 2. The number of nitrogens with zero attached hydrogens (tertiary/aromatic N) is 2. The van der Waals surface area contributed by atoms with Crippen LogP contribution in [-0.4, -0.2) is 9.38 Å². The van der Waals surface area contributed by atoms with Crippen LogP contribution in [0.15, 0.2) is 16.6 Å². The van der Waals surface area contributed by atoms with Crippen LogP contribution in [0.1, 0.15) is 24.7 Å². The Kier molecular flexibility index (Phi) is 2.69. The zero-order valence-corrected chi connectivity index (χ0v) is 10.5. The van der Waals surface area contributed by atoms with E-state index >= 15 is 0 Å². The maximum absolute atomic E-state index is 6.07. The Morgan fingerprint density at radius 1 is 1.47 bits per heavy atom. The molecule has 80 valence electrons. The normalized spacial score (nSPS) is 11.1. The molecule has 0 amide bonds. The lowest BCUT2D eigenvalue weighted by Crippen LogP contribution is -1.99. The van der Waals surface area contributed by atoms with Crippen molar-refractivity contribution in [3.63, 3.8) is 0 Å². The van der Waals surface area contributed by atoms with Crippen molar-refractivity contribution >= 4 is 27.4 Å². The molecule has 0 aliphatic rings. The topological polar surface area (TPSA) is 43.3 Å². The van der Waals surface area contributed by atoms with Crippen molar-refractivity contribution in [3.8, 4) is 0 Å². The van der Waals surface area contributed by atoms with Crippen molar-refractivity contribution in [2.75, 3.05) is 5.73 Å². The Labute approximate surface area is 97.4 Å². The molecule has 0 saturated carbocycles. The van der Waals surface area contributed by atoms with Crippen LogP contribution in [0.5, 0.6) is 0 Å². The summed E-state index contributed by atoms with van der Waals surface area (Å²) >= 11 is 3.49. The summed E-state index contributed by atoms with van der Waals surface area (Å²) in [6.45, 7) is 4.16. The summed E-state index contributed by atoms with van der Waals surface area (Å²) in [5, 5.41) is 0. The smallest absolute Gasteiger partial charge is 0.138 e. The molecule has 0 unspecified atom stereocenters. The molecule has 2 aromatic heterocycles. The fraction of sp³-hybridized carbons (Fsp3) is 0.364. The third-order valence-electron chi connectivity index (χ3n) is 2.56. The average Bonchev–Trinajstić information content (AvgIpc) is 2.52. The minimum atomic E-state index is 0.769. The molecule has 2 N–H and O–H groups in total. The number of nitrogens with two attached hydrogens (primary N) is 1. The standard InChI is InChI=1S/C11H14BrN3/c1-3-4-9-11(13)15-7(2)8(12)5-6-10(15)14-9/h5-6H,3-4,13H2,1-2H3. The summed E-state index contributed by atoms with van der Waals surface area (Å²) in [6.07, 6.45) is 2.00. The summed E-state index contributed by atoms with van der Waals surface area (Å²) < 4.78 is 3.05. The maximum Gasteiger partial charge on any atom is 0.138 e. The van der Waals surface area contributed by atoms with Gasteiger partial charge in [-0.2, -0.15) is 0 Å². The van der Waals surface area contributed by atoms with E-state index in [4.69, 9.17) is 5.73 Å². The number of fused-ring (bicyclic) bond motifs is 1. The number of pyridine rings is 1. The molecule has 0 fully saturated rings. The zero-order chi connectivity index (χ0) is 11.0. The van der Waals surface area contributed by atoms with Crippen LogP contribution in [0.3, 0.4) is 0 Å². The van der Waals surface area contributed by atoms with Crippen molar-refractivity contribution in [1.29, 1.82) is 0 Å². The predicted molar refractivity (Wildman–Crippen MR) is 66.0 cm³/mol. The largest absolute Gasteiger partial charge is 0.383 e. The highest BCUT2D eigenvalue weighted by atomic mass is 79.9. The summed E-state index contributed by atoms with van der Waals surface area (Å²) in [4.78, 5) is 4.52. The molecule has 0 radical (unpaired) electrons. The van der Waals surface area contributed by atoms with E-state index < -0.39 is 0 Å². The summed E-state index contributed by atoms with van der Waals surface area (Å²) in [7, 11) is 0. The minimum absolute atomic E-state index is 0.769. The van der Waals surface area contributed by atoms with Crippen molar-refractivity contribution in [2.24, 2.45) is 0 Å². The molecule has 0 spiro atoms. The highest BCUT2D eigenvalue weighted by molar-refractivity contribution is 9.10. The van der Waals surface area contributed by atoms with Gasteiger partial charge in [0.25, 0.3) is 0 Å². The van der Waals surface area contributed by atoms with E-state index in [1.165, 1.54) is 0 Å². The van der Waals surface area contributed by atoms with Crippen LogP contribution in [0.2, 0.25) is 0 Å². The van der Waals surface area contributed by atoms with Gasteiger partial charge in [-0.1, -0.05) is 13.3 Å². The molecule has 0 aromatic carbocycles. The first-order valence-electron chi connectivity index (χ1n) is 5.07. The number of hydrogen-bond donors (Lipinski definition) is 1. The Bertz CT molecular complexity index is 502. The van der Waals surface area contributed by atoms with Crippen LogP contribution < -0.4 is 5.73 Å². The van der Waals surface area contributed by atoms with Gasteiger partial charge in [-0.15, -0.1) is 0 Å². The number of nitrogen functional groups attached to an aromatic ring is 1. The van der Waals surface area contributed by atoms with Gasteiger partial charge in [0.2, 0.25) is 0 Å². The molecule has 2 heterocycles. The SMILES string of the molecule is CCCc1nc2ccc(Br)c(C)n2c1N. The molecule has 2 aromatic rings. The highest BCUT2D eigenvalue weighted by Crippen LogP contribution is 2.23. The summed E-state index contributed by atoms with van der Waals surface area (Å²) in [6, 6.07) is 3.99. The minimum Gasteiger partial charge on any atom is -0.383 e. The van der Waals surface area contributed by atoms with Crippen molar-refractivity contribution < 1.29 is 0 Å². The van der Waals surface area contributed by atoms with Crippen molar-refractivity contribution in [3.05, 3.63) is 28.0 Å². The van der Waals surface area contributed by atoms with Gasteiger partial charge in [0.05, 0.1) is 5.69 Å². The first-order valence-corrected chi connectivity index (χ1v) is 5.86. The second-order valence-electron chi connectivity index (χ2n) is 3.65. The fourth-order valence-corrected chi connectivity index (χ4v) is 2.07. The third kappa shape index (κ3) is 1.63. The number of anilines is 1. The van der Waals surface area contributed by atoms with Crippen LogP contribution in [0.4, 0.5) is 5.82 Å². The lowest BCUT2D eigenvalue weighted by molar-refractivity contribution is 0.896. The fourth-order valence-electron chi connectivity index (χ4n) is 1.76. The maximum atomic E-state index is 6.07. The Morgan fingerprint density at radius 2 is 2.20 bits per heavy atom. The molecule has 0 saturated heterocycles. The van der Waals surface area contributed by atoms with E-state index in [-0.39, 0.29) is 0 Å². The molecule has 2 rings (SSSR count). The van der Waals surface area contributed by atoms with E-state index in [9.17, 15) is 0 Å². The monoisotopic (exact) mass is 267 g/mol. The Balaban J connectivity index is 2.72. The molecule has 4 heteroatoms. The third-order valence-corrected chi connectivity index (χ3v) is 3.40. The van der Waals surface area contributed by atoms with Gasteiger partial charge in [-0.05, 0) is 41.4 Å². The first kappa shape index (κ1) is 10.5. The van der Waals surface area contributed by atoms with Gasteiger partial charge in [-0.3, -0.25) is 4.40 Å². The van der Waals surface area contributed by atoms with E-state index in [0.717, 1.165) is 40.2 Å². The lowest BCUT2D eigenvalue weighted by atomic mass is 10.2. The van der Waals surface area contributed by atoms with Gasteiger partial charge < -0.3 is 5.73 Å². The predicted octanol–water partition coefficient (Wildman–Crippen LogP) is 2.94. The van der Waals surface area contributed by atoms with Gasteiger partial charge in [0, 0.05) is 10.2 Å². The Morgan fingerprint density at radius 3 is 2.87 bits per heavy atom. The number of aryl methyl sites for hydroxylation is 2. The molecular weight excluding hydrogens is 254 g/mol. The van der Waals surface area contributed by atoms with Gasteiger partial charge in [0.1, 0.15) is 11.5 Å². The average molecular weight is 268 g/mol. The quantitative estimate of drug-likeness (QED) is 0.910. The molecule has 0 aliphatic carbocycles. The molecular formula is C11H14BrN3. The second kappa shape index (κ2) is 3.85. The molecule has 0 atom stereocenters. The number of imidazole rings is 1. The molecule has 3 nitrogen and oxygen atoms in total. The zero-order valence-electron chi connectivity index (χ0n) is 8.92.